The quantitative estimate of drug-likeness (QED) is 0.569. The van der Waals surface area contributed by atoms with Gasteiger partial charge in [-0.15, -0.1) is 0 Å². The van der Waals surface area contributed by atoms with Gasteiger partial charge in [0.25, 0.3) is 0 Å². The SMILES string of the molecule is COc1ccc(N2CC[NH+]([C@H](CNC(=O)C(=O)NC(C)C)c3ccco3)CC2)cc1. The van der Waals surface area contributed by atoms with Gasteiger partial charge in [0, 0.05) is 11.7 Å². The lowest BCUT2D eigenvalue weighted by Crippen LogP contribution is -3.15. The molecule has 3 rings (SSSR count). The Hall–Kier alpha value is -3.00. The Labute approximate surface area is 177 Å². The molecular formula is C22H31N4O4+. The van der Waals surface area contributed by atoms with Crippen LogP contribution in [-0.4, -0.2) is 57.7 Å². The number of anilines is 1. The number of hydrogen-bond donors (Lipinski definition) is 3. The molecule has 0 aliphatic carbocycles. The van der Waals surface area contributed by atoms with E-state index < -0.39 is 11.8 Å². The molecule has 0 radical (unpaired) electrons. The summed E-state index contributed by atoms with van der Waals surface area (Å²) in [6, 6.07) is 11.7. The fraction of sp³-hybridized carbons (Fsp3) is 0.455. The van der Waals surface area contributed by atoms with Gasteiger partial charge in [-0.2, -0.15) is 0 Å². The van der Waals surface area contributed by atoms with Crippen LogP contribution >= 0.6 is 0 Å². The summed E-state index contributed by atoms with van der Waals surface area (Å²) < 4.78 is 10.9. The van der Waals surface area contributed by atoms with Crippen LogP contribution in [0.3, 0.4) is 0 Å². The van der Waals surface area contributed by atoms with Crippen LogP contribution in [0.2, 0.25) is 0 Å². The van der Waals surface area contributed by atoms with Crippen molar-refractivity contribution >= 4 is 17.5 Å². The van der Waals surface area contributed by atoms with Crippen LogP contribution in [0.5, 0.6) is 5.75 Å². The van der Waals surface area contributed by atoms with E-state index >= 15 is 0 Å². The highest BCUT2D eigenvalue weighted by Crippen LogP contribution is 2.19. The number of furan rings is 1. The first-order valence-corrected chi connectivity index (χ1v) is 10.3. The third kappa shape index (κ3) is 5.54. The fourth-order valence-electron chi connectivity index (χ4n) is 3.73. The molecule has 30 heavy (non-hydrogen) atoms. The molecule has 8 heteroatoms. The largest absolute Gasteiger partial charge is 0.497 e. The van der Waals surface area contributed by atoms with Gasteiger partial charge in [-0.3, -0.25) is 9.59 Å². The number of methoxy groups -OCH3 is 1. The van der Waals surface area contributed by atoms with Crippen molar-refractivity contribution in [1.29, 1.82) is 0 Å². The van der Waals surface area contributed by atoms with Crippen molar-refractivity contribution in [3.63, 3.8) is 0 Å². The number of carbonyl (C=O) groups excluding carboxylic acids is 2. The lowest BCUT2D eigenvalue weighted by molar-refractivity contribution is -0.932. The number of quaternary nitrogens is 1. The van der Waals surface area contributed by atoms with Crippen LogP contribution in [-0.2, 0) is 9.59 Å². The fourth-order valence-corrected chi connectivity index (χ4v) is 3.73. The lowest BCUT2D eigenvalue weighted by Gasteiger charge is -2.37. The predicted molar refractivity (Wildman–Crippen MR) is 114 cm³/mol. The molecular weight excluding hydrogens is 384 g/mol. The second kappa shape index (κ2) is 10.2. The van der Waals surface area contributed by atoms with E-state index in [2.05, 4.69) is 27.7 Å². The highest BCUT2D eigenvalue weighted by Gasteiger charge is 2.31. The molecule has 2 heterocycles. The first-order valence-electron chi connectivity index (χ1n) is 10.3. The normalized spacial score (nSPS) is 15.7. The molecule has 1 aromatic carbocycles. The average molecular weight is 416 g/mol. The van der Waals surface area contributed by atoms with Gasteiger partial charge in [0.1, 0.15) is 5.75 Å². The van der Waals surface area contributed by atoms with E-state index in [9.17, 15) is 9.59 Å². The molecule has 1 atom stereocenters. The number of nitrogens with one attached hydrogen (secondary N) is 3. The maximum Gasteiger partial charge on any atom is 0.309 e. The van der Waals surface area contributed by atoms with Crippen molar-refractivity contribution in [2.75, 3.05) is 44.7 Å². The summed E-state index contributed by atoms with van der Waals surface area (Å²) in [5.41, 5.74) is 1.17. The van der Waals surface area contributed by atoms with E-state index in [1.807, 2.05) is 38.1 Å². The molecule has 1 aliphatic heterocycles. The first kappa shape index (κ1) is 21.7. The molecule has 3 N–H and O–H groups in total. The van der Waals surface area contributed by atoms with E-state index in [0.29, 0.717) is 6.54 Å². The van der Waals surface area contributed by atoms with Crippen LogP contribution in [0.25, 0.3) is 0 Å². The van der Waals surface area contributed by atoms with Crippen molar-refractivity contribution in [1.82, 2.24) is 10.6 Å². The van der Waals surface area contributed by atoms with Crippen LogP contribution in [0.15, 0.2) is 47.1 Å². The Morgan fingerprint density at radius 1 is 1.13 bits per heavy atom. The number of ether oxygens (including phenoxy) is 1. The average Bonchev–Trinajstić information content (AvgIpc) is 3.28. The Kier molecular flexibility index (Phi) is 7.35. The molecule has 0 saturated carbocycles. The van der Waals surface area contributed by atoms with Crippen LogP contribution in [0.1, 0.15) is 25.6 Å². The van der Waals surface area contributed by atoms with Crippen molar-refractivity contribution in [3.05, 3.63) is 48.4 Å². The topological polar surface area (TPSA) is 88.2 Å². The van der Waals surface area contributed by atoms with Crippen LogP contribution in [0.4, 0.5) is 5.69 Å². The molecule has 1 aromatic heterocycles. The number of carbonyl (C=O) groups is 2. The summed E-state index contributed by atoms with van der Waals surface area (Å²) >= 11 is 0. The minimum absolute atomic E-state index is 0.0474. The van der Waals surface area contributed by atoms with Gasteiger partial charge < -0.3 is 29.6 Å². The van der Waals surface area contributed by atoms with Crippen molar-refractivity contribution < 1.29 is 23.6 Å². The smallest absolute Gasteiger partial charge is 0.309 e. The summed E-state index contributed by atoms with van der Waals surface area (Å²) in [5, 5.41) is 5.39. The molecule has 8 nitrogen and oxygen atoms in total. The Balaban J connectivity index is 1.60. The number of amides is 2. The summed E-state index contributed by atoms with van der Waals surface area (Å²) in [7, 11) is 1.66. The molecule has 162 valence electrons. The van der Waals surface area contributed by atoms with E-state index in [1.54, 1.807) is 13.4 Å². The molecule has 0 spiro atoms. The van der Waals surface area contributed by atoms with Gasteiger partial charge in [-0.1, -0.05) is 0 Å². The standard InChI is InChI=1S/C22H30N4O4/c1-16(2)24-22(28)21(27)23-15-19(20-5-4-14-30-20)26-12-10-25(11-13-26)17-6-8-18(29-3)9-7-17/h4-9,14,16,19H,10-13,15H2,1-3H3,(H,23,27)(H,24,28)/p+1/t19-/m1/s1. The van der Waals surface area contributed by atoms with Gasteiger partial charge in [-0.25, -0.2) is 0 Å². The zero-order valence-corrected chi connectivity index (χ0v) is 17.8. The monoisotopic (exact) mass is 415 g/mol. The minimum Gasteiger partial charge on any atom is -0.497 e. The van der Waals surface area contributed by atoms with E-state index in [0.717, 1.165) is 37.7 Å². The molecule has 1 fully saturated rings. The van der Waals surface area contributed by atoms with Crippen molar-refractivity contribution in [2.45, 2.75) is 25.9 Å². The third-order valence-corrected chi connectivity index (χ3v) is 5.32. The Morgan fingerprint density at radius 2 is 1.83 bits per heavy atom. The predicted octanol–water partition coefficient (Wildman–Crippen LogP) is 0.375. The Morgan fingerprint density at radius 3 is 2.40 bits per heavy atom. The summed E-state index contributed by atoms with van der Waals surface area (Å²) in [6.07, 6.45) is 1.64. The Bertz CT molecular complexity index is 812. The first-order chi connectivity index (χ1) is 14.5. The number of nitrogens with zero attached hydrogens (tertiary/aromatic N) is 1. The zero-order chi connectivity index (χ0) is 21.5. The molecule has 1 aliphatic rings. The second-order valence-corrected chi connectivity index (χ2v) is 7.75. The maximum atomic E-state index is 12.1. The minimum atomic E-state index is -0.614. The van der Waals surface area contributed by atoms with E-state index in [1.165, 1.54) is 10.6 Å². The van der Waals surface area contributed by atoms with Gasteiger partial charge in [0.2, 0.25) is 0 Å². The van der Waals surface area contributed by atoms with E-state index in [-0.39, 0.29) is 12.1 Å². The summed E-state index contributed by atoms with van der Waals surface area (Å²) in [5.74, 6) is 0.435. The third-order valence-electron chi connectivity index (χ3n) is 5.32. The molecule has 0 bridgehead atoms. The van der Waals surface area contributed by atoms with Crippen LogP contribution in [0, 0.1) is 0 Å². The molecule has 1 saturated heterocycles. The highest BCUT2D eigenvalue weighted by atomic mass is 16.5. The van der Waals surface area contributed by atoms with Gasteiger partial charge >= 0.3 is 11.8 Å². The molecule has 2 aromatic rings. The highest BCUT2D eigenvalue weighted by molar-refractivity contribution is 6.35. The number of piperazine rings is 1. The summed E-state index contributed by atoms with van der Waals surface area (Å²) in [6.45, 7) is 7.56. The van der Waals surface area contributed by atoms with Crippen LogP contribution < -0.4 is 25.2 Å². The number of benzene rings is 1. The van der Waals surface area contributed by atoms with E-state index in [4.69, 9.17) is 9.15 Å². The van der Waals surface area contributed by atoms with Gasteiger partial charge in [-0.05, 0) is 50.2 Å². The number of hydrogen-bond acceptors (Lipinski definition) is 5. The maximum absolute atomic E-state index is 12.1. The van der Waals surface area contributed by atoms with Crippen molar-refractivity contribution in [3.8, 4) is 5.75 Å². The number of rotatable bonds is 7. The summed E-state index contributed by atoms with van der Waals surface area (Å²) in [4.78, 5) is 27.7. The molecule has 0 unspecified atom stereocenters. The van der Waals surface area contributed by atoms with Crippen molar-refractivity contribution in [2.24, 2.45) is 0 Å². The van der Waals surface area contributed by atoms with Gasteiger partial charge in [0.05, 0.1) is 46.1 Å². The zero-order valence-electron chi connectivity index (χ0n) is 17.8. The second-order valence-electron chi connectivity index (χ2n) is 7.75. The lowest BCUT2D eigenvalue weighted by atomic mass is 10.1. The molecule has 2 amide bonds. The van der Waals surface area contributed by atoms with Gasteiger partial charge in [0.15, 0.2) is 11.8 Å².